The average molecular weight is 134 g/mol. The lowest BCUT2D eigenvalue weighted by atomic mass is 10.2. The standard InChI is InChI=1S/C10H14/c1-4-7-10(8-5-2)9-6-3/h4,7-8H,5H2,1-3H3/b7-4-,10-8+. The van der Waals surface area contributed by atoms with Crippen molar-refractivity contribution in [3.8, 4) is 11.8 Å². The second-order valence-electron chi connectivity index (χ2n) is 1.94. The molecule has 0 unspecified atom stereocenters. The average Bonchev–Trinajstić information content (AvgIpc) is 1.90. The van der Waals surface area contributed by atoms with Crippen molar-refractivity contribution in [1.29, 1.82) is 0 Å². The van der Waals surface area contributed by atoms with Crippen LogP contribution in [-0.4, -0.2) is 0 Å². The van der Waals surface area contributed by atoms with Gasteiger partial charge in [0.1, 0.15) is 0 Å². The van der Waals surface area contributed by atoms with Crippen LogP contribution in [0.1, 0.15) is 27.2 Å². The Hall–Kier alpha value is -0.960. The van der Waals surface area contributed by atoms with Gasteiger partial charge in [0.05, 0.1) is 0 Å². The van der Waals surface area contributed by atoms with E-state index < -0.39 is 0 Å². The molecule has 0 nitrogen and oxygen atoms in total. The zero-order valence-corrected chi connectivity index (χ0v) is 6.94. The summed E-state index contributed by atoms with van der Waals surface area (Å²) in [6.07, 6.45) is 7.21. The Bertz CT molecular complexity index is 184. The normalized spacial score (nSPS) is 11.3. The van der Waals surface area contributed by atoms with Crippen LogP contribution >= 0.6 is 0 Å². The Morgan fingerprint density at radius 2 is 2.20 bits per heavy atom. The Labute approximate surface area is 63.6 Å². The summed E-state index contributed by atoms with van der Waals surface area (Å²) in [4.78, 5) is 0. The van der Waals surface area contributed by atoms with Crippen LogP contribution in [0, 0.1) is 11.8 Å². The predicted octanol–water partition coefficient (Wildman–Crippen LogP) is 2.92. The summed E-state index contributed by atoms with van der Waals surface area (Å²) in [6, 6.07) is 0. The zero-order valence-electron chi connectivity index (χ0n) is 6.94. The maximum Gasteiger partial charge on any atom is 0.0201 e. The zero-order chi connectivity index (χ0) is 7.82. The Kier molecular flexibility index (Phi) is 5.57. The molecule has 0 heteroatoms. The van der Waals surface area contributed by atoms with Crippen LogP contribution in [0.2, 0.25) is 0 Å². The van der Waals surface area contributed by atoms with Gasteiger partial charge in [-0.05, 0) is 20.3 Å². The molecule has 0 saturated carbocycles. The molecule has 0 aromatic heterocycles. The minimum atomic E-state index is 1.05. The molecular weight excluding hydrogens is 120 g/mol. The van der Waals surface area contributed by atoms with Crippen LogP contribution in [-0.2, 0) is 0 Å². The minimum Gasteiger partial charge on any atom is -0.101 e. The first-order valence-electron chi connectivity index (χ1n) is 3.60. The highest BCUT2D eigenvalue weighted by Crippen LogP contribution is 1.96. The van der Waals surface area contributed by atoms with Crippen molar-refractivity contribution in [2.24, 2.45) is 0 Å². The van der Waals surface area contributed by atoms with Crippen molar-refractivity contribution in [1.82, 2.24) is 0 Å². The molecule has 0 aromatic carbocycles. The number of hydrogen-bond acceptors (Lipinski definition) is 0. The first-order chi connectivity index (χ1) is 4.85. The van der Waals surface area contributed by atoms with Gasteiger partial charge >= 0.3 is 0 Å². The van der Waals surface area contributed by atoms with Crippen LogP contribution in [0.4, 0.5) is 0 Å². The van der Waals surface area contributed by atoms with Gasteiger partial charge in [-0.3, -0.25) is 0 Å². The lowest BCUT2D eigenvalue weighted by Gasteiger charge is -1.86. The van der Waals surface area contributed by atoms with E-state index in [4.69, 9.17) is 0 Å². The van der Waals surface area contributed by atoms with E-state index >= 15 is 0 Å². The number of rotatable bonds is 2. The monoisotopic (exact) mass is 134 g/mol. The van der Waals surface area contributed by atoms with Crippen molar-refractivity contribution >= 4 is 0 Å². The molecule has 54 valence electrons. The van der Waals surface area contributed by atoms with Gasteiger partial charge in [0.15, 0.2) is 0 Å². The third-order valence-electron chi connectivity index (χ3n) is 1.04. The van der Waals surface area contributed by atoms with E-state index in [0.29, 0.717) is 0 Å². The SMILES string of the molecule is CC#CC(/C=C\C)=C/CC. The highest BCUT2D eigenvalue weighted by molar-refractivity contribution is 5.37. The fraction of sp³-hybridized carbons (Fsp3) is 0.400. The van der Waals surface area contributed by atoms with E-state index in [1.807, 2.05) is 26.0 Å². The van der Waals surface area contributed by atoms with Crippen LogP contribution in [0.3, 0.4) is 0 Å². The summed E-state index contributed by atoms with van der Waals surface area (Å²) >= 11 is 0. The predicted molar refractivity (Wildman–Crippen MR) is 46.6 cm³/mol. The van der Waals surface area contributed by atoms with E-state index in [1.54, 1.807) is 0 Å². The molecule has 0 aromatic rings. The molecule has 0 aliphatic heterocycles. The lowest BCUT2D eigenvalue weighted by Crippen LogP contribution is -1.70. The van der Waals surface area contributed by atoms with E-state index in [9.17, 15) is 0 Å². The van der Waals surface area contributed by atoms with E-state index in [1.165, 1.54) is 0 Å². The summed E-state index contributed by atoms with van der Waals surface area (Å²) in [5, 5.41) is 0. The lowest BCUT2D eigenvalue weighted by molar-refractivity contribution is 1.21. The molecule has 10 heavy (non-hydrogen) atoms. The quantitative estimate of drug-likeness (QED) is 0.402. The molecule has 0 aliphatic rings. The molecule has 0 aliphatic carbocycles. The van der Waals surface area contributed by atoms with Gasteiger partial charge in [-0.25, -0.2) is 0 Å². The first kappa shape index (κ1) is 9.04. The summed E-state index contributed by atoms with van der Waals surface area (Å²) in [7, 11) is 0. The van der Waals surface area contributed by atoms with Gasteiger partial charge in [0.25, 0.3) is 0 Å². The van der Waals surface area contributed by atoms with Crippen molar-refractivity contribution in [3.63, 3.8) is 0 Å². The molecular formula is C10H14. The fourth-order valence-electron chi connectivity index (χ4n) is 0.705. The smallest absolute Gasteiger partial charge is 0.0201 e. The van der Waals surface area contributed by atoms with Crippen LogP contribution < -0.4 is 0 Å². The summed E-state index contributed by atoms with van der Waals surface area (Å²) in [5.74, 6) is 5.88. The maximum absolute atomic E-state index is 3.01. The Morgan fingerprint density at radius 3 is 2.60 bits per heavy atom. The molecule has 0 heterocycles. The van der Waals surface area contributed by atoms with Gasteiger partial charge in [0.2, 0.25) is 0 Å². The third kappa shape index (κ3) is 3.97. The van der Waals surface area contributed by atoms with Gasteiger partial charge in [-0.2, -0.15) is 0 Å². The summed E-state index contributed by atoms with van der Waals surface area (Å²) in [6.45, 7) is 5.97. The highest BCUT2D eigenvalue weighted by Gasteiger charge is 1.79. The fourth-order valence-corrected chi connectivity index (χ4v) is 0.705. The molecule has 0 spiro atoms. The van der Waals surface area contributed by atoms with Crippen LogP contribution in [0.5, 0.6) is 0 Å². The molecule has 0 N–H and O–H groups in total. The molecule has 0 amide bonds. The van der Waals surface area contributed by atoms with E-state index in [0.717, 1.165) is 12.0 Å². The molecule has 0 fully saturated rings. The molecule has 0 saturated heterocycles. The second-order valence-corrected chi connectivity index (χ2v) is 1.94. The van der Waals surface area contributed by atoms with Crippen molar-refractivity contribution in [2.45, 2.75) is 27.2 Å². The molecule has 0 rings (SSSR count). The highest BCUT2D eigenvalue weighted by atomic mass is 13.8. The summed E-state index contributed by atoms with van der Waals surface area (Å²) < 4.78 is 0. The van der Waals surface area contributed by atoms with Gasteiger partial charge < -0.3 is 0 Å². The van der Waals surface area contributed by atoms with Crippen molar-refractivity contribution < 1.29 is 0 Å². The third-order valence-corrected chi connectivity index (χ3v) is 1.04. The minimum absolute atomic E-state index is 1.05. The Balaban J connectivity index is 4.21. The molecule has 0 radical (unpaired) electrons. The number of hydrogen-bond donors (Lipinski definition) is 0. The Morgan fingerprint density at radius 1 is 1.50 bits per heavy atom. The van der Waals surface area contributed by atoms with Crippen LogP contribution in [0.25, 0.3) is 0 Å². The number of allylic oxidation sites excluding steroid dienone is 4. The second kappa shape index (κ2) is 6.16. The first-order valence-corrected chi connectivity index (χ1v) is 3.60. The van der Waals surface area contributed by atoms with Gasteiger partial charge in [-0.15, -0.1) is 5.92 Å². The summed E-state index contributed by atoms with van der Waals surface area (Å²) in [5.41, 5.74) is 1.12. The van der Waals surface area contributed by atoms with Crippen LogP contribution in [0.15, 0.2) is 23.8 Å². The van der Waals surface area contributed by atoms with E-state index in [2.05, 4.69) is 24.8 Å². The van der Waals surface area contributed by atoms with E-state index in [-0.39, 0.29) is 0 Å². The topological polar surface area (TPSA) is 0 Å². The van der Waals surface area contributed by atoms with Gasteiger partial charge in [-0.1, -0.05) is 31.1 Å². The maximum atomic E-state index is 3.01. The molecule has 0 bridgehead atoms. The molecule has 0 atom stereocenters. The van der Waals surface area contributed by atoms with Gasteiger partial charge in [0, 0.05) is 5.57 Å². The van der Waals surface area contributed by atoms with Crippen molar-refractivity contribution in [3.05, 3.63) is 23.8 Å². The largest absolute Gasteiger partial charge is 0.101 e. The van der Waals surface area contributed by atoms with Crippen molar-refractivity contribution in [2.75, 3.05) is 0 Å².